The highest BCUT2D eigenvalue weighted by Gasteiger charge is 2.36. The van der Waals surface area contributed by atoms with Crippen LogP contribution in [0.15, 0.2) is 23.1 Å². The highest BCUT2D eigenvalue weighted by molar-refractivity contribution is 7.89. The van der Waals surface area contributed by atoms with Gasteiger partial charge in [-0.25, -0.2) is 8.42 Å². The van der Waals surface area contributed by atoms with Crippen molar-refractivity contribution in [2.45, 2.75) is 31.0 Å². The second-order valence-corrected chi connectivity index (χ2v) is 7.16. The minimum absolute atomic E-state index is 0.449. The zero-order valence-corrected chi connectivity index (χ0v) is 14.1. The Morgan fingerprint density at radius 2 is 1.91 bits per heavy atom. The fourth-order valence-electron chi connectivity index (χ4n) is 1.75. The standard InChI is InChI=1S/C13H15ClF3NO4S/c1-8(2)18(7-12(19)22-3)23(20,21)9-4-5-11(14)10(6-9)13(15,16)17/h4-6,8H,7H2,1-3H3. The Kier molecular flexibility index (Phi) is 6.06. The maximum atomic E-state index is 12.9. The topological polar surface area (TPSA) is 63.7 Å². The molecule has 0 amide bonds. The number of hydrogen-bond donors (Lipinski definition) is 0. The molecular weight excluding hydrogens is 359 g/mol. The molecule has 0 unspecified atom stereocenters. The van der Waals surface area contributed by atoms with Gasteiger partial charge in [0.15, 0.2) is 0 Å². The van der Waals surface area contributed by atoms with Crippen molar-refractivity contribution in [1.82, 2.24) is 4.31 Å². The molecule has 0 atom stereocenters. The number of sulfonamides is 1. The van der Waals surface area contributed by atoms with Crippen molar-refractivity contribution in [1.29, 1.82) is 0 Å². The van der Waals surface area contributed by atoms with E-state index < -0.39 is 50.2 Å². The van der Waals surface area contributed by atoms with Crippen LogP contribution in [0, 0.1) is 0 Å². The number of rotatable bonds is 5. The lowest BCUT2D eigenvalue weighted by atomic mass is 10.2. The molecule has 10 heteroatoms. The van der Waals surface area contributed by atoms with E-state index >= 15 is 0 Å². The van der Waals surface area contributed by atoms with E-state index in [0.717, 1.165) is 23.5 Å². The number of alkyl halides is 3. The molecule has 1 aromatic carbocycles. The van der Waals surface area contributed by atoms with Gasteiger partial charge < -0.3 is 4.74 Å². The number of nitrogens with zero attached hydrogens (tertiary/aromatic N) is 1. The van der Waals surface area contributed by atoms with E-state index in [4.69, 9.17) is 11.6 Å². The second-order valence-electron chi connectivity index (χ2n) is 4.86. The van der Waals surface area contributed by atoms with Crippen molar-refractivity contribution in [2.75, 3.05) is 13.7 Å². The molecule has 0 aliphatic heterocycles. The number of carbonyl (C=O) groups is 1. The van der Waals surface area contributed by atoms with Crippen molar-refractivity contribution in [3.63, 3.8) is 0 Å². The average molecular weight is 374 g/mol. The smallest absolute Gasteiger partial charge is 0.417 e. The number of esters is 1. The number of methoxy groups -OCH3 is 1. The fraction of sp³-hybridized carbons (Fsp3) is 0.462. The van der Waals surface area contributed by atoms with Crippen molar-refractivity contribution in [3.05, 3.63) is 28.8 Å². The Morgan fingerprint density at radius 1 is 1.35 bits per heavy atom. The SMILES string of the molecule is COC(=O)CN(C(C)C)S(=O)(=O)c1ccc(Cl)c(C(F)(F)F)c1. The predicted molar refractivity (Wildman–Crippen MR) is 77.5 cm³/mol. The van der Waals surface area contributed by atoms with Crippen molar-refractivity contribution < 1.29 is 31.1 Å². The van der Waals surface area contributed by atoms with Crippen molar-refractivity contribution in [3.8, 4) is 0 Å². The molecule has 23 heavy (non-hydrogen) atoms. The number of benzene rings is 1. The maximum absolute atomic E-state index is 12.9. The molecule has 0 aliphatic rings. The molecule has 0 N–H and O–H groups in total. The lowest BCUT2D eigenvalue weighted by molar-refractivity contribution is -0.141. The van der Waals surface area contributed by atoms with Crippen LogP contribution in [0.3, 0.4) is 0 Å². The summed E-state index contributed by atoms with van der Waals surface area (Å²) in [7, 11) is -3.25. The summed E-state index contributed by atoms with van der Waals surface area (Å²) in [6.45, 7) is 2.36. The van der Waals surface area contributed by atoms with E-state index in [-0.39, 0.29) is 0 Å². The molecular formula is C13H15ClF3NO4S. The summed E-state index contributed by atoms with van der Waals surface area (Å²) in [6, 6.07) is 1.60. The summed E-state index contributed by atoms with van der Waals surface area (Å²) >= 11 is 5.48. The molecule has 1 aromatic rings. The van der Waals surface area contributed by atoms with Gasteiger partial charge in [-0.1, -0.05) is 11.6 Å². The molecule has 0 aromatic heterocycles. The Labute approximate surface area is 137 Å². The van der Waals surface area contributed by atoms with Gasteiger partial charge in [0.1, 0.15) is 6.54 Å². The van der Waals surface area contributed by atoms with Crippen LogP contribution in [0.1, 0.15) is 19.4 Å². The molecule has 0 saturated heterocycles. The molecule has 0 saturated carbocycles. The first-order valence-corrected chi connectivity index (χ1v) is 8.18. The van der Waals surface area contributed by atoms with Crippen LogP contribution >= 0.6 is 11.6 Å². The third-order valence-corrected chi connectivity index (χ3v) is 5.29. The molecule has 0 bridgehead atoms. The van der Waals surface area contributed by atoms with Gasteiger partial charge in [-0.3, -0.25) is 4.79 Å². The Morgan fingerprint density at radius 3 is 2.35 bits per heavy atom. The lowest BCUT2D eigenvalue weighted by Gasteiger charge is -2.25. The summed E-state index contributed by atoms with van der Waals surface area (Å²) in [6.07, 6.45) is -4.80. The van der Waals surface area contributed by atoms with Crippen LogP contribution < -0.4 is 0 Å². The average Bonchev–Trinajstić information content (AvgIpc) is 2.42. The van der Waals surface area contributed by atoms with Crippen LogP contribution in [0.2, 0.25) is 5.02 Å². The number of halogens is 4. The summed E-state index contributed by atoms with van der Waals surface area (Å²) in [5.41, 5.74) is -1.26. The Balaban J connectivity index is 3.38. The van der Waals surface area contributed by atoms with Gasteiger partial charge in [-0.05, 0) is 32.0 Å². The third kappa shape index (κ3) is 4.58. The zero-order valence-electron chi connectivity index (χ0n) is 12.5. The largest absolute Gasteiger partial charge is 0.468 e. The van der Waals surface area contributed by atoms with Gasteiger partial charge in [0.05, 0.1) is 22.6 Å². The normalized spacial score (nSPS) is 12.7. The van der Waals surface area contributed by atoms with Gasteiger partial charge in [-0.15, -0.1) is 0 Å². The van der Waals surface area contributed by atoms with Crippen molar-refractivity contribution >= 4 is 27.6 Å². The Hall–Kier alpha value is -1.32. The quantitative estimate of drug-likeness (QED) is 0.744. The molecule has 0 spiro atoms. The number of ether oxygens (including phenoxy) is 1. The summed E-state index contributed by atoms with van der Waals surface area (Å²) in [4.78, 5) is 10.8. The van der Waals surface area contributed by atoms with E-state index in [1.807, 2.05) is 0 Å². The van der Waals surface area contributed by atoms with Crippen LogP contribution in [0.25, 0.3) is 0 Å². The molecule has 130 valence electrons. The summed E-state index contributed by atoms with van der Waals surface area (Å²) < 4.78 is 68.8. The van der Waals surface area contributed by atoms with E-state index in [1.165, 1.54) is 13.8 Å². The molecule has 5 nitrogen and oxygen atoms in total. The predicted octanol–water partition coefficient (Wildman–Crippen LogP) is 2.93. The van der Waals surface area contributed by atoms with E-state index in [9.17, 15) is 26.4 Å². The number of carbonyl (C=O) groups excluding carboxylic acids is 1. The zero-order chi connectivity index (χ0) is 18.0. The van der Waals surface area contributed by atoms with Crippen LogP contribution in [0.5, 0.6) is 0 Å². The molecule has 0 heterocycles. The maximum Gasteiger partial charge on any atom is 0.417 e. The van der Waals surface area contributed by atoms with Gasteiger partial charge in [-0.2, -0.15) is 17.5 Å². The molecule has 0 fully saturated rings. The highest BCUT2D eigenvalue weighted by Crippen LogP contribution is 2.36. The summed E-state index contributed by atoms with van der Waals surface area (Å²) in [5, 5.41) is -0.611. The van der Waals surface area contributed by atoms with Gasteiger partial charge in [0.25, 0.3) is 0 Å². The highest BCUT2D eigenvalue weighted by atomic mass is 35.5. The van der Waals surface area contributed by atoms with Crippen LogP contribution in [0.4, 0.5) is 13.2 Å². The number of hydrogen-bond acceptors (Lipinski definition) is 4. The minimum atomic E-state index is -4.80. The summed E-state index contributed by atoms with van der Waals surface area (Å²) in [5.74, 6) is -0.827. The first kappa shape index (κ1) is 19.7. The van der Waals surface area contributed by atoms with Gasteiger partial charge in [0.2, 0.25) is 10.0 Å². The molecule has 0 aliphatic carbocycles. The van der Waals surface area contributed by atoms with Crippen LogP contribution in [-0.4, -0.2) is 38.4 Å². The molecule has 1 rings (SSSR count). The fourth-order valence-corrected chi connectivity index (χ4v) is 3.59. The first-order chi connectivity index (χ1) is 10.4. The van der Waals surface area contributed by atoms with E-state index in [1.54, 1.807) is 0 Å². The van der Waals surface area contributed by atoms with E-state index in [0.29, 0.717) is 6.07 Å². The monoisotopic (exact) mass is 373 g/mol. The van der Waals surface area contributed by atoms with E-state index in [2.05, 4.69) is 4.74 Å². The lowest BCUT2D eigenvalue weighted by Crippen LogP contribution is -2.41. The van der Waals surface area contributed by atoms with Gasteiger partial charge >= 0.3 is 12.1 Å². The minimum Gasteiger partial charge on any atom is -0.468 e. The molecule has 0 radical (unpaired) electrons. The van der Waals surface area contributed by atoms with Crippen LogP contribution in [-0.2, 0) is 25.7 Å². The van der Waals surface area contributed by atoms with Gasteiger partial charge in [0, 0.05) is 6.04 Å². The van der Waals surface area contributed by atoms with Crippen molar-refractivity contribution in [2.24, 2.45) is 0 Å². The first-order valence-electron chi connectivity index (χ1n) is 6.36. The Bertz CT molecular complexity index is 689. The third-order valence-electron chi connectivity index (χ3n) is 2.94. The second kappa shape index (κ2) is 7.06.